The van der Waals surface area contributed by atoms with Crippen molar-refractivity contribution in [2.45, 2.75) is 51.2 Å². The number of carbonyl (C=O) groups is 1. The summed E-state index contributed by atoms with van der Waals surface area (Å²) < 4.78 is 15.8. The second kappa shape index (κ2) is 8.85. The van der Waals surface area contributed by atoms with Gasteiger partial charge >= 0.3 is 5.97 Å². The Kier molecular flexibility index (Phi) is 6.76. The molecule has 1 heterocycles. The van der Waals surface area contributed by atoms with Crippen LogP contribution in [0, 0.1) is 0 Å². The molecule has 118 valence electrons. The van der Waals surface area contributed by atoms with Crippen molar-refractivity contribution in [2.24, 2.45) is 0 Å². The molecular weight excluding hydrogens is 270 g/mol. The number of furan rings is 1. The van der Waals surface area contributed by atoms with Gasteiger partial charge in [-0.2, -0.15) is 0 Å². The summed E-state index contributed by atoms with van der Waals surface area (Å²) in [6.45, 7) is 2.30. The number of esters is 1. The van der Waals surface area contributed by atoms with Crippen LogP contribution in [0.15, 0.2) is 16.5 Å². The third kappa shape index (κ3) is 5.52. The van der Waals surface area contributed by atoms with Gasteiger partial charge in [-0.3, -0.25) is 0 Å². The molecule has 0 bridgehead atoms. The molecule has 1 aliphatic rings. The van der Waals surface area contributed by atoms with Gasteiger partial charge in [0, 0.05) is 6.61 Å². The van der Waals surface area contributed by atoms with E-state index < -0.39 is 5.97 Å². The summed E-state index contributed by atoms with van der Waals surface area (Å²) in [5.41, 5.74) is 0. The van der Waals surface area contributed by atoms with Crippen LogP contribution in [0.4, 0.5) is 0 Å². The topological polar surface area (TPSA) is 60.7 Å². The van der Waals surface area contributed by atoms with Crippen LogP contribution in [-0.2, 0) is 16.0 Å². The zero-order chi connectivity index (χ0) is 14.9. The number of rotatable bonds is 8. The van der Waals surface area contributed by atoms with Crippen molar-refractivity contribution in [2.75, 3.05) is 20.3 Å². The Hall–Kier alpha value is -1.33. The zero-order valence-corrected chi connectivity index (χ0v) is 12.7. The molecule has 0 spiro atoms. The maximum Gasteiger partial charge on any atom is 0.373 e. The van der Waals surface area contributed by atoms with Crippen molar-refractivity contribution in [1.29, 1.82) is 0 Å². The van der Waals surface area contributed by atoms with E-state index in [0.29, 0.717) is 12.6 Å². The van der Waals surface area contributed by atoms with Gasteiger partial charge in [0.15, 0.2) is 0 Å². The molecule has 1 aliphatic carbocycles. The Morgan fingerprint density at radius 2 is 2.14 bits per heavy atom. The predicted molar refractivity (Wildman–Crippen MR) is 79.2 cm³/mol. The second-order valence-corrected chi connectivity index (χ2v) is 5.42. The summed E-state index contributed by atoms with van der Waals surface area (Å²) >= 11 is 0. The molecule has 0 aliphatic heterocycles. The van der Waals surface area contributed by atoms with Crippen molar-refractivity contribution in [1.82, 2.24) is 5.32 Å². The summed E-state index contributed by atoms with van der Waals surface area (Å²) in [7, 11) is 1.34. The van der Waals surface area contributed by atoms with Crippen LogP contribution in [0.5, 0.6) is 0 Å². The molecule has 1 aromatic rings. The van der Waals surface area contributed by atoms with E-state index in [1.807, 2.05) is 0 Å². The molecule has 1 fully saturated rings. The number of ether oxygens (including phenoxy) is 2. The van der Waals surface area contributed by atoms with Crippen LogP contribution in [0.1, 0.15) is 54.8 Å². The second-order valence-electron chi connectivity index (χ2n) is 5.42. The van der Waals surface area contributed by atoms with Gasteiger partial charge in [0.1, 0.15) is 5.76 Å². The number of carbonyl (C=O) groups excluding carboxylic acids is 1. The molecule has 1 N–H and O–H groups in total. The molecule has 2 rings (SSSR count). The zero-order valence-electron chi connectivity index (χ0n) is 12.7. The highest BCUT2D eigenvalue weighted by atomic mass is 16.5. The number of hydrogen-bond donors (Lipinski definition) is 1. The lowest BCUT2D eigenvalue weighted by molar-refractivity contribution is 0.0272. The maximum absolute atomic E-state index is 11.2. The Balaban J connectivity index is 1.53. The van der Waals surface area contributed by atoms with Crippen LogP contribution in [0.3, 0.4) is 0 Å². The van der Waals surface area contributed by atoms with Crippen molar-refractivity contribution < 1.29 is 18.7 Å². The minimum atomic E-state index is -0.442. The first-order valence-electron chi connectivity index (χ1n) is 7.79. The molecule has 0 unspecified atom stereocenters. The van der Waals surface area contributed by atoms with Crippen LogP contribution in [-0.4, -0.2) is 32.3 Å². The fourth-order valence-electron chi connectivity index (χ4n) is 2.57. The van der Waals surface area contributed by atoms with Gasteiger partial charge in [0.25, 0.3) is 0 Å². The van der Waals surface area contributed by atoms with Crippen LogP contribution in [0.2, 0.25) is 0 Å². The highest BCUT2D eigenvalue weighted by Gasteiger charge is 2.13. The molecule has 0 radical (unpaired) electrons. The van der Waals surface area contributed by atoms with Crippen molar-refractivity contribution in [3.8, 4) is 0 Å². The normalized spacial score (nSPS) is 16.0. The van der Waals surface area contributed by atoms with E-state index in [1.165, 1.54) is 39.2 Å². The summed E-state index contributed by atoms with van der Waals surface area (Å²) in [4.78, 5) is 11.2. The van der Waals surface area contributed by atoms with Crippen LogP contribution >= 0.6 is 0 Å². The standard InChI is InChI=1S/C16H25NO4/c1-19-16(18)15-9-8-14(21-15)12-17-10-5-11-20-13-6-3-2-4-7-13/h8-9,13,17H,2-7,10-12H2,1H3. The lowest BCUT2D eigenvalue weighted by atomic mass is 9.98. The van der Waals surface area contributed by atoms with E-state index >= 15 is 0 Å². The summed E-state index contributed by atoms with van der Waals surface area (Å²) in [5.74, 6) is 0.542. The van der Waals surface area contributed by atoms with Crippen LogP contribution in [0.25, 0.3) is 0 Å². The van der Waals surface area contributed by atoms with Crippen molar-refractivity contribution in [3.63, 3.8) is 0 Å². The molecule has 0 amide bonds. The van der Waals surface area contributed by atoms with E-state index in [-0.39, 0.29) is 5.76 Å². The molecule has 1 saturated carbocycles. The number of nitrogens with one attached hydrogen (secondary N) is 1. The lowest BCUT2D eigenvalue weighted by Gasteiger charge is -2.21. The summed E-state index contributed by atoms with van der Waals surface area (Å²) in [6, 6.07) is 3.42. The quantitative estimate of drug-likeness (QED) is 0.590. The monoisotopic (exact) mass is 295 g/mol. The fraction of sp³-hybridized carbons (Fsp3) is 0.688. The Labute approximate surface area is 126 Å². The number of methoxy groups -OCH3 is 1. The molecule has 1 aromatic heterocycles. The average molecular weight is 295 g/mol. The molecular formula is C16H25NO4. The van der Waals surface area contributed by atoms with E-state index in [4.69, 9.17) is 9.15 Å². The first-order chi connectivity index (χ1) is 10.3. The largest absolute Gasteiger partial charge is 0.463 e. The Morgan fingerprint density at radius 3 is 2.90 bits per heavy atom. The molecule has 0 aromatic carbocycles. The van der Waals surface area contributed by atoms with E-state index in [0.717, 1.165) is 25.3 Å². The summed E-state index contributed by atoms with van der Waals surface area (Å²) in [6.07, 6.45) is 7.88. The third-order valence-electron chi connectivity index (χ3n) is 3.75. The first kappa shape index (κ1) is 16.0. The third-order valence-corrected chi connectivity index (χ3v) is 3.75. The Morgan fingerprint density at radius 1 is 1.33 bits per heavy atom. The molecule has 21 heavy (non-hydrogen) atoms. The van der Waals surface area contributed by atoms with Gasteiger partial charge in [-0.15, -0.1) is 0 Å². The van der Waals surface area contributed by atoms with Gasteiger partial charge in [-0.25, -0.2) is 4.79 Å². The average Bonchev–Trinajstić information content (AvgIpc) is 3.00. The van der Waals surface area contributed by atoms with E-state index in [1.54, 1.807) is 12.1 Å². The first-order valence-corrected chi connectivity index (χ1v) is 7.79. The highest BCUT2D eigenvalue weighted by molar-refractivity contribution is 5.86. The molecule has 5 nitrogen and oxygen atoms in total. The smallest absolute Gasteiger partial charge is 0.373 e. The molecule has 0 atom stereocenters. The van der Waals surface area contributed by atoms with Crippen LogP contribution < -0.4 is 5.32 Å². The minimum Gasteiger partial charge on any atom is -0.463 e. The van der Waals surface area contributed by atoms with Gasteiger partial charge < -0.3 is 19.2 Å². The fourth-order valence-corrected chi connectivity index (χ4v) is 2.57. The van der Waals surface area contributed by atoms with Gasteiger partial charge in [-0.1, -0.05) is 19.3 Å². The van der Waals surface area contributed by atoms with E-state index in [2.05, 4.69) is 10.1 Å². The number of hydrogen-bond acceptors (Lipinski definition) is 5. The van der Waals surface area contributed by atoms with E-state index in [9.17, 15) is 4.79 Å². The Bertz CT molecular complexity index is 424. The van der Waals surface area contributed by atoms with Crippen molar-refractivity contribution in [3.05, 3.63) is 23.7 Å². The molecule has 5 heteroatoms. The molecule has 0 saturated heterocycles. The minimum absolute atomic E-state index is 0.245. The predicted octanol–water partition coefficient (Wildman–Crippen LogP) is 2.90. The van der Waals surface area contributed by atoms with Gasteiger partial charge in [-0.05, 0) is 37.9 Å². The SMILES string of the molecule is COC(=O)c1ccc(CNCCCOC2CCCCC2)o1. The highest BCUT2D eigenvalue weighted by Crippen LogP contribution is 2.20. The van der Waals surface area contributed by atoms with Gasteiger partial charge in [0.2, 0.25) is 5.76 Å². The van der Waals surface area contributed by atoms with Gasteiger partial charge in [0.05, 0.1) is 19.8 Å². The maximum atomic E-state index is 11.2. The lowest BCUT2D eigenvalue weighted by Crippen LogP contribution is -2.20. The summed E-state index contributed by atoms with van der Waals surface area (Å²) in [5, 5.41) is 3.28. The van der Waals surface area contributed by atoms with Crippen molar-refractivity contribution >= 4 is 5.97 Å².